The van der Waals surface area contributed by atoms with Gasteiger partial charge in [0, 0.05) is 25.2 Å². The van der Waals surface area contributed by atoms with Crippen molar-refractivity contribution in [2.75, 3.05) is 19.6 Å². The zero-order chi connectivity index (χ0) is 19.0. The second-order valence-corrected chi connectivity index (χ2v) is 7.21. The summed E-state index contributed by atoms with van der Waals surface area (Å²) in [4.78, 5) is 57.4. The molecule has 0 aliphatic carbocycles. The van der Waals surface area contributed by atoms with Crippen LogP contribution >= 0.6 is 0 Å². The van der Waals surface area contributed by atoms with Crippen LogP contribution in [0.5, 0.6) is 0 Å². The number of hydrogen-bond acceptors (Lipinski definition) is 4. The Hall–Kier alpha value is -2.90. The molecule has 2 aromatic rings. The van der Waals surface area contributed by atoms with Gasteiger partial charge in [-0.15, -0.1) is 0 Å². The fraction of sp³-hybridized carbons (Fsp3) is 0.474. The van der Waals surface area contributed by atoms with Crippen LogP contribution in [0.4, 0.5) is 0 Å². The van der Waals surface area contributed by atoms with Gasteiger partial charge in [-0.25, -0.2) is 0 Å². The molecule has 142 valence electrons. The molecule has 1 aromatic heterocycles. The van der Waals surface area contributed by atoms with Crippen LogP contribution in [-0.2, 0) is 4.79 Å². The van der Waals surface area contributed by atoms with Gasteiger partial charge < -0.3 is 19.8 Å². The highest BCUT2D eigenvalue weighted by molar-refractivity contribution is 6.00. The van der Waals surface area contributed by atoms with Crippen LogP contribution in [0.1, 0.15) is 42.5 Å². The SMILES string of the molecule is O=C([C@@H]1CCCN1C(=O)c1ccc2[nH]c(=O)c(=O)[nH]c2c1)N1CCCCC1. The molecule has 1 aromatic carbocycles. The van der Waals surface area contributed by atoms with Gasteiger partial charge in [-0.2, -0.15) is 0 Å². The number of fused-ring (bicyclic) bond motifs is 1. The molecule has 27 heavy (non-hydrogen) atoms. The number of carbonyl (C=O) groups excluding carboxylic acids is 2. The van der Waals surface area contributed by atoms with E-state index >= 15 is 0 Å². The lowest BCUT2D eigenvalue weighted by atomic mass is 10.1. The third kappa shape index (κ3) is 3.27. The molecular formula is C19H22N4O4. The van der Waals surface area contributed by atoms with Gasteiger partial charge >= 0.3 is 11.1 Å². The molecular weight excluding hydrogens is 348 g/mol. The molecule has 2 N–H and O–H groups in total. The van der Waals surface area contributed by atoms with Crippen molar-refractivity contribution in [3.8, 4) is 0 Å². The number of amides is 2. The van der Waals surface area contributed by atoms with Crippen LogP contribution in [0.2, 0.25) is 0 Å². The number of H-pyrrole nitrogens is 2. The number of nitrogens with zero attached hydrogens (tertiary/aromatic N) is 2. The van der Waals surface area contributed by atoms with Crippen molar-refractivity contribution in [3.63, 3.8) is 0 Å². The fourth-order valence-electron chi connectivity index (χ4n) is 4.01. The quantitative estimate of drug-likeness (QED) is 0.764. The van der Waals surface area contributed by atoms with E-state index < -0.39 is 17.2 Å². The molecule has 2 aliphatic rings. The summed E-state index contributed by atoms with van der Waals surface area (Å²) in [6, 6.07) is 4.34. The van der Waals surface area contributed by atoms with Gasteiger partial charge in [0.1, 0.15) is 6.04 Å². The Balaban J connectivity index is 1.60. The van der Waals surface area contributed by atoms with Crippen LogP contribution in [0.3, 0.4) is 0 Å². The molecule has 2 amide bonds. The second-order valence-electron chi connectivity index (χ2n) is 7.21. The summed E-state index contributed by atoms with van der Waals surface area (Å²) in [5.41, 5.74) is -0.245. The normalized spacial score (nSPS) is 20.2. The average Bonchev–Trinajstić information content (AvgIpc) is 3.18. The smallest absolute Gasteiger partial charge is 0.314 e. The van der Waals surface area contributed by atoms with E-state index in [0.29, 0.717) is 29.6 Å². The highest BCUT2D eigenvalue weighted by Crippen LogP contribution is 2.24. The maximum Gasteiger partial charge on any atom is 0.314 e. The summed E-state index contributed by atoms with van der Waals surface area (Å²) in [6.45, 7) is 2.08. The molecule has 1 atom stereocenters. The number of rotatable bonds is 2. The number of carbonyl (C=O) groups is 2. The van der Waals surface area contributed by atoms with E-state index in [2.05, 4.69) is 9.97 Å². The first-order valence-corrected chi connectivity index (χ1v) is 9.41. The maximum absolute atomic E-state index is 13.0. The first-order valence-electron chi connectivity index (χ1n) is 9.41. The van der Waals surface area contributed by atoms with Crippen LogP contribution in [0.25, 0.3) is 11.0 Å². The van der Waals surface area contributed by atoms with Crippen molar-refractivity contribution in [1.29, 1.82) is 0 Å². The highest BCUT2D eigenvalue weighted by atomic mass is 16.2. The summed E-state index contributed by atoms with van der Waals surface area (Å²) in [5.74, 6) is -0.184. The van der Waals surface area contributed by atoms with E-state index in [1.165, 1.54) is 0 Å². The number of piperidine rings is 1. The van der Waals surface area contributed by atoms with Crippen molar-refractivity contribution >= 4 is 22.8 Å². The van der Waals surface area contributed by atoms with Gasteiger partial charge in [-0.05, 0) is 50.3 Å². The monoisotopic (exact) mass is 370 g/mol. The summed E-state index contributed by atoms with van der Waals surface area (Å²) in [7, 11) is 0. The molecule has 0 radical (unpaired) electrons. The summed E-state index contributed by atoms with van der Waals surface area (Å²) in [5, 5.41) is 0. The minimum absolute atomic E-state index is 0.0408. The van der Waals surface area contributed by atoms with Crippen LogP contribution in [0, 0.1) is 0 Å². The number of benzene rings is 1. The van der Waals surface area contributed by atoms with E-state index in [-0.39, 0.29) is 11.8 Å². The Morgan fingerprint density at radius 2 is 1.59 bits per heavy atom. The number of nitrogens with one attached hydrogen (secondary N) is 2. The Bertz CT molecular complexity index is 1000. The summed E-state index contributed by atoms with van der Waals surface area (Å²) >= 11 is 0. The fourth-order valence-corrected chi connectivity index (χ4v) is 4.01. The zero-order valence-electron chi connectivity index (χ0n) is 15.0. The Kier molecular flexibility index (Phi) is 4.55. The van der Waals surface area contributed by atoms with Crippen LogP contribution in [0.15, 0.2) is 27.8 Å². The first kappa shape index (κ1) is 17.5. The molecule has 4 rings (SSSR count). The van der Waals surface area contributed by atoms with Crippen molar-refractivity contribution in [2.24, 2.45) is 0 Å². The van der Waals surface area contributed by atoms with Gasteiger partial charge in [0.2, 0.25) is 5.91 Å². The van der Waals surface area contributed by atoms with Crippen LogP contribution in [-0.4, -0.2) is 57.3 Å². The topological polar surface area (TPSA) is 106 Å². The minimum atomic E-state index is -0.758. The second kappa shape index (κ2) is 7.02. The predicted octanol–water partition coefficient (Wildman–Crippen LogP) is 0.833. The largest absolute Gasteiger partial charge is 0.341 e. The lowest BCUT2D eigenvalue weighted by Gasteiger charge is -2.32. The first-order chi connectivity index (χ1) is 13.0. The molecule has 2 aliphatic heterocycles. The maximum atomic E-state index is 13.0. The van der Waals surface area contributed by atoms with Crippen molar-refractivity contribution in [3.05, 3.63) is 44.5 Å². The molecule has 8 heteroatoms. The van der Waals surface area contributed by atoms with Gasteiger partial charge in [0.15, 0.2) is 0 Å². The highest BCUT2D eigenvalue weighted by Gasteiger charge is 2.37. The Morgan fingerprint density at radius 3 is 2.33 bits per heavy atom. The molecule has 2 fully saturated rings. The molecule has 0 bridgehead atoms. The third-order valence-corrected chi connectivity index (χ3v) is 5.44. The van der Waals surface area contributed by atoms with E-state index in [9.17, 15) is 19.2 Å². The van der Waals surface area contributed by atoms with Gasteiger partial charge in [-0.1, -0.05) is 0 Å². The summed E-state index contributed by atoms with van der Waals surface area (Å²) < 4.78 is 0. The lowest BCUT2D eigenvalue weighted by Crippen LogP contribution is -2.49. The molecule has 0 spiro atoms. The molecule has 8 nitrogen and oxygen atoms in total. The molecule has 0 unspecified atom stereocenters. The van der Waals surface area contributed by atoms with E-state index in [4.69, 9.17) is 0 Å². The molecule has 3 heterocycles. The molecule has 0 saturated carbocycles. The third-order valence-electron chi connectivity index (χ3n) is 5.44. The van der Waals surface area contributed by atoms with Crippen molar-refractivity contribution in [1.82, 2.24) is 19.8 Å². The number of aromatic amines is 2. The minimum Gasteiger partial charge on any atom is -0.341 e. The van der Waals surface area contributed by atoms with E-state index in [0.717, 1.165) is 38.8 Å². The zero-order valence-corrected chi connectivity index (χ0v) is 15.0. The van der Waals surface area contributed by atoms with Crippen molar-refractivity contribution < 1.29 is 9.59 Å². The van der Waals surface area contributed by atoms with Crippen LogP contribution < -0.4 is 11.1 Å². The number of likely N-dealkylation sites (tertiary alicyclic amines) is 2. The summed E-state index contributed by atoms with van der Waals surface area (Å²) in [6.07, 6.45) is 4.66. The lowest BCUT2D eigenvalue weighted by molar-refractivity contribution is -0.136. The van der Waals surface area contributed by atoms with Gasteiger partial charge in [-0.3, -0.25) is 19.2 Å². The average molecular weight is 370 g/mol. The Morgan fingerprint density at radius 1 is 0.889 bits per heavy atom. The number of hydrogen-bond donors (Lipinski definition) is 2. The van der Waals surface area contributed by atoms with E-state index in [1.54, 1.807) is 23.1 Å². The molecule has 2 saturated heterocycles. The number of aromatic nitrogens is 2. The van der Waals surface area contributed by atoms with Gasteiger partial charge in [0.25, 0.3) is 5.91 Å². The van der Waals surface area contributed by atoms with Gasteiger partial charge in [0.05, 0.1) is 11.0 Å². The van der Waals surface area contributed by atoms with E-state index in [1.807, 2.05) is 4.90 Å². The van der Waals surface area contributed by atoms with Crippen molar-refractivity contribution in [2.45, 2.75) is 38.1 Å². The Labute approximate surface area is 155 Å². The predicted molar refractivity (Wildman–Crippen MR) is 99.7 cm³/mol. The standard InChI is InChI=1S/C19H22N4O4/c24-16-17(25)21-14-11-12(6-7-13(14)20-16)18(26)23-10-4-5-15(23)19(27)22-8-2-1-3-9-22/h6-7,11,15H,1-5,8-10H2,(H,20,24)(H,21,25)/t15-/m0/s1.